The molecule has 3 aromatic heterocycles. The molecule has 1 amide bonds. The van der Waals surface area contributed by atoms with E-state index in [1.54, 1.807) is 0 Å². The first-order valence-electron chi connectivity index (χ1n) is 38.0. The van der Waals surface area contributed by atoms with Crippen molar-refractivity contribution in [3.8, 4) is 11.1 Å². The molecule has 46 heteroatoms. The van der Waals surface area contributed by atoms with Gasteiger partial charge in [-0.05, 0) is 159 Å². The number of nitrogens with zero attached hydrogens (tertiary/aromatic N) is 8. The third-order valence-electron chi connectivity index (χ3n) is 22.3. The van der Waals surface area contributed by atoms with Crippen molar-refractivity contribution >= 4 is 170 Å². The zero-order chi connectivity index (χ0) is 90.5. The SMILES string of the molecule is C=C1C(=O)c2ccccc2C2=C(C(=O)c3cccc(S(=O)(=O)O)c3)C(=O)N(C)/C(=C/C=C\1Nc1cc(Nc3nc(N)nc(NC4CCC(CC5CCC(Nc6nc(N)nc(Nc7cc(Nc8ccc9c%10c8C(=O)c8ccccc8-c%10c(C(=O)c8cccc(S(=O)(=O)O)c8)c(=O)n9C)c(S(=O)(=O)O)cc7S(=O)(=O)O)n6)CC5)CC4)n3)c(S(=O)(=O)O)cc1S(=O)(=O)O)C2. The number of hydrogen-bond acceptors (Lipinski definition) is 32. The van der Waals surface area contributed by atoms with Crippen molar-refractivity contribution in [3.63, 3.8) is 0 Å². The maximum Gasteiger partial charge on any atom is 0.296 e. The highest BCUT2D eigenvalue weighted by atomic mass is 32.2. The second kappa shape index (κ2) is 33.0. The van der Waals surface area contributed by atoms with Crippen LogP contribution in [0.15, 0.2) is 209 Å². The molecule has 5 aliphatic rings. The fraction of sp³-hybridized carbons (Fsp3) is 0.200. The zero-order valence-electron chi connectivity index (χ0n) is 65.7. The lowest BCUT2D eigenvalue weighted by molar-refractivity contribution is -0.124. The number of benzene rings is 7. The number of allylic oxidation sites excluding steroid dienone is 4. The number of Topliss-reactive ketones (excluding diaryl/α,β-unsaturated/α-hetero) is 2. The van der Waals surface area contributed by atoms with Crippen molar-refractivity contribution in [1.82, 2.24) is 39.4 Å². The molecule has 0 atom stereocenters. The number of likely N-dealkylation sites (N-methyl/N-ethyl adjacent to an activating group) is 1. The minimum absolute atomic E-state index is 0.0263. The number of hydrogen-bond donors (Lipinski definition) is 14. The van der Waals surface area contributed by atoms with Gasteiger partial charge in [0.1, 0.15) is 19.6 Å². The Bertz CT molecular complexity index is 7380. The van der Waals surface area contributed by atoms with E-state index in [1.807, 2.05) is 0 Å². The van der Waals surface area contributed by atoms with Gasteiger partial charge in [-0.2, -0.15) is 80.4 Å². The Morgan fingerprint density at radius 1 is 0.452 bits per heavy atom. The fourth-order valence-electron chi connectivity index (χ4n) is 16.3. The van der Waals surface area contributed by atoms with Gasteiger partial charge in [0.15, 0.2) is 23.1 Å². The second-order valence-electron chi connectivity index (χ2n) is 30.3. The number of amides is 1. The highest BCUT2D eigenvalue weighted by Gasteiger charge is 2.40. The molecule has 40 nitrogen and oxygen atoms in total. The van der Waals surface area contributed by atoms with Crippen molar-refractivity contribution in [2.24, 2.45) is 18.9 Å². The lowest BCUT2D eigenvalue weighted by Gasteiger charge is -2.34. The van der Waals surface area contributed by atoms with Crippen LogP contribution in [0.5, 0.6) is 0 Å². The number of aromatic nitrogens is 7. The summed E-state index contributed by atoms with van der Waals surface area (Å²) in [4.78, 5) is 108. The molecule has 10 aromatic rings. The Hall–Kier alpha value is -13.3. The summed E-state index contributed by atoms with van der Waals surface area (Å²) in [5, 5.41) is 17.3. The molecule has 1 aliphatic heterocycles. The van der Waals surface area contributed by atoms with Crippen LogP contribution in [0.4, 0.5) is 64.1 Å². The Balaban J connectivity index is 0.616. The summed E-state index contributed by atoms with van der Waals surface area (Å²) >= 11 is 0. The van der Waals surface area contributed by atoms with E-state index >= 15 is 0 Å². The number of fused-ring (bicyclic) bond motifs is 6. The van der Waals surface area contributed by atoms with Gasteiger partial charge in [0.25, 0.3) is 72.2 Å². The van der Waals surface area contributed by atoms with Crippen LogP contribution in [0, 0.1) is 11.8 Å². The van der Waals surface area contributed by atoms with Crippen molar-refractivity contribution in [2.45, 2.75) is 106 Å². The number of carbonyl (C=O) groups excluding carboxylic acids is 5. The number of nitrogens with one attached hydrogen (secondary N) is 6. The van der Waals surface area contributed by atoms with Gasteiger partial charge in [-0.25, -0.2) is 0 Å². The molecule has 7 aromatic carbocycles. The van der Waals surface area contributed by atoms with E-state index in [1.165, 1.54) is 111 Å². The predicted octanol–water partition coefficient (Wildman–Crippen LogP) is 9.39. The summed E-state index contributed by atoms with van der Waals surface area (Å²) in [5.74, 6) is -5.61. The number of pyridine rings is 1. The summed E-state index contributed by atoms with van der Waals surface area (Å²) in [6, 6.07) is 25.0. The summed E-state index contributed by atoms with van der Waals surface area (Å²) in [7, 11) is -28.7. The molecule has 4 aliphatic carbocycles. The van der Waals surface area contributed by atoms with Gasteiger partial charge in [-0.1, -0.05) is 79.4 Å². The van der Waals surface area contributed by atoms with E-state index in [0.717, 1.165) is 78.0 Å². The van der Waals surface area contributed by atoms with Crippen LogP contribution >= 0.6 is 0 Å². The highest BCUT2D eigenvalue weighted by Crippen LogP contribution is 2.48. The van der Waals surface area contributed by atoms with E-state index in [-0.39, 0.29) is 138 Å². The molecule has 2 saturated carbocycles. The maximum atomic E-state index is 14.9. The van der Waals surface area contributed by atoms with Gasteiger partial charge in [0.05, 0.1) is 60.4 Å². The van der Waals surface area contributed by atoms with E-state index in [0.29, 0.717) is 37.8 Å². The first-order valence-corrected chi connectivity index (χ1v) is 46.6. The number of nitrogens with two attached hydrogens (primary N) is 2. The molecule has 126 heavy (non-hydrogen) atoms. The molecular weight excluding hydrogens is 1760 g/mol. The second-order valence-corrected chi connectivity index (χ2v) is 38.7. The van der Waals surface area contributed by atoms with E-state index in [2.05, 4.69) is 68.4 Å². The molecule has 0 radical (unpaired) electrons. The third-order valence-corrected chi connectivity index (χ3v) is 27.5. The van der Waals surface area contributed by atoms with Gasteiger partial charge in [0.2, 0.25) is 35.7 Å². The van der Waals surface area contributed by atoms with Crippen molar-refractivity contribution in [1.29, 1.82) is 0 Å². The predicted molar refractivity (Wildman–Crippen MR) is 456 cm³/mol. The zero-order valence-corrected chi connectivity index (χ0v) is 70.6. The lowest BCUT2D eigenvalue weighted by atomic mass is 9.75. The highest BCUT2D eigenvalue weighted by molar-refractivity contribution is 7.87. The summed E-state index contributed by atoms with van der Waals surface area (Å²) < 4.78 is 217. The van der Waals surface area contributed by atoms with Gasteiger partial charge < -0.3 is 52.8 Å². The monoisotopic (exact) mass is 1830 g/mol. The molecule has 4 heterocycles. The average molecular weight is 1830 g/mol. The quantitative estimate of drug-likeness (QED) is 0.0116. The molecular formula is C80H72N16O24S6. The number of anilines is 11. The molecule has 2 bridgehead atoms. The van der Waals surface area contributed by atoms with Gasteiger partial charge in [-0.15, -0.1) is 0 Å². The molecule has 0 unspecified atom stereocenters. The molecule has 15 rings (SSSR count). The summed E-state index contributed by atoms with van der Waals surface area (Å²) in [6.45, 7) is 3.99. The van der Waals surface area contributed by atoms with E-state index < -0.39 is 170 Å². The normalized spacial score (nSPS) is 18.4. The molecule has 16 N–H and O–H groups in total. The van der Waals surface area contributed by atoms with Gasteiger partial charge in [-0.3, -0.25) is 56.1 Å². The Morgan fingerprint density at radius 3 is 1.37 bits per heavy atom. The van der Waals surface area contributed by atoms with Crippen molar-refractivity contribution in [3.05, 3.63) is 224 Å². The number of carbonyl (C=O) groups is 5. The topological polar surface area (TPSA) is 638 Å². The van der Waals surface area contributed by atoms with Crippen LogP contribution < -0.4 is 48.9 Å². The Labute approximate surface area is 717 Å². The van der Waals surface area contributed by atoms with Crippen molar-refractivity contribution in [2.75, 3.05) is 50.4 Å². The van der Waals surface area contributed by atoms with Gasteiger partial charge >= 0.3 is 0 Å². The first kappa shape index (κ1) is 87.6. The number of ketones is 4. The van der Waals surface area contributed by atoms with E-state index in [9.17, 15) is 107 Å². The van der Waals surface area contributed by atoms with Crippen molar-refractivity contribution < 1.29 is 102 Å². The average Bonchev–Trinajstić information content (AvgIpc) is 0.703. The van der Waals surface area contributed by atoms with Crippen LogP contribution in [-0.4, -0.2) is 165 Å². The largest absolute Gasteiger partial charge is 0.368 e. The fourth-order valence-corrected chi connectivity index (χ4v) is 20.1. The minimum atomic E-state index is -5.46. The van der Waals surface area contributed by atoms with Crippen LogP contribution in [-0.2, 0) is 72.6 Å². The molecule has 0 saturated heterocycles. The maximum absolute atomic E-state index is 14.9. The lowest BCUT2D eigenvalue weighted by Crippen LogP contribution is -2.35. The molecule has 652 valence electrons. The molecule has 2 fully saturated rings. The standard InChI is InChI=1S/C80H72N16O24S6/c1-38-53(27-26-45-33-52(48-14-4-6-16-50(48)69(38)97)65(73(101)95(45)2)70(98)41-10-8-12-46(31-41)121(103,104)105)85-55-34-57(62(125(115,116)117)36-60(55)123(109,110)111)87-79-91-75(81)89-77(93-79)83-43-22-18-39(19-23-43)30-40-20-24-44(25-21-40)84-78-90-76(82)92-80(94-78)88-58-35-56(61(124(112,113)114)37-63(58)126(118,119)120)86-54-28-29-59-67-64(49-15-5-7-17-51(49)72(100)66(54)67)68(74(102)96(59)3)71(99)42-11-9-13-47(32-42)122(106,107)108/h4-17,26-29,31-32,34-37,39-40,43-44,85-86H,1,18-25,30,33H2,2-3H3,(H,103,104,105)(H,106,107,108)(H,109,110,111)(H,112,113,114)(H,115,116,117)(H,118,119,120)(H4,81,83,87,89,91,93)(H4,82,84,88,90,92,94)/b45-26+,53-27+. The Kier molecular flexibility index (Phi) is 23.0. The van der Waals surface area contributed by atoms with Crippen LogP contribution in [0.1, 0.15) is 122 Å². The van der Waals surface area contributed by atoms with Crippen LogP contribution in [0.2, 0.25) is 0 Å². The smallest absolute Gasteiger partial charge is 0.296 e. The summed E-state index contributed by atoms with van der Waals surface area (Å²) in [6.07, 6.45) is 8.72. The van der Waals surface area contributed by atoms with Gasteiger partial charge in [0, 0.05) is 82.8 Å². The van der Waals surface area contributed by atoms with Crippen LogP contribution in [0.25, 0.3) is 27.6 Å². The summed E-state index contributed by atoms with van der Waals surface area (Å²) in [5.41, 5.74) is 6.59. The Morgan fingerprint density at radius 2 is 0.889 bits per heavy atom. The number of rotatable bonds is 24. The molecule has 0 spiro atoms. The number of nitrogen functional groups attached to an aromatic ring is 2. The van der Waals surface area contributed by atoms with Crippen LogP contribution in [0.3, 0.4) is 0 Å². The number of aryl methyl sites for hydroxylation is 1. The van der Waals surface area contributed by atoms with E-state index in [4.69, 9.17) is 11.5 Å². The minimum Gasteiger partial charge on any atom is -0.368 e. The third kappa shape index (κ3) is 17.7. The first-order chi connectivity index (χ1) is 59.2.